The fourth-order valence-electron chi connectivity index (χ4n) is 5.08. The van der Waals surface area contributed by atoms with Crippen LogP contribution in [0, 0.1) is 11.7 Å². The van der Waals surface area contributed by atoms with E-state index in [1.807, 2.05) is 30.3 Å². The topological polar surface area (TPSA) is 117 Å². The van der Waals surface area contributed by atoms with E-state index in [0.717, 1.165) is 24.0 Å². The summed E-state index contributed by atoms with van der Waals surface area (Å²) in [5, 5.41) is 0. The van der Waals surface area contributed by atoms with Crippen molar-refractivity contribution in [3.05, 3.63) is 122 Å². The lowest BCUT2D eigenvalue weighted by atomic mass is 9.91. The second kappa shape index (κ2) is 11.0. The fraction of sp³-hybridized carbons (Fsp3) is 0.258. The van der Waals surface area contributed by atoms with Crippen molar-refractivity contribution in [3.63, 3.8) is 0 Å². The first kappa shape index (κ1) is 26.4. The molecule has 3 heterocycles. The highest BCUT2D eigenvalue weighted by atomic mass is 19.1. The van der Waals surface area contributed by atoms with Crippen molar-refractivity contribution in [2.24, 2.45) is 5.92 Å². The van der Waals surface area contributed by atoms with Gasteiger partial charge in [-0.25, -0.2) is 14.2 Å². The Labute approximate surface area is 234 Å². The molecule has 0 radical (unpaired) electrons. The second-order valence-corrected chi connectivity index (χ2v) is 10.6. The van der Waals surface area contributed by atoms with Gasteiger partial charge in [0, 0.05) is 37.6 Å². The van der Waals surface area contributed by atoms with Crippen LogP contribution >= 0.6 is 0 Å². The molecule has 208 valence electrons. The monoisotopic (exact) mass is 552 g/mol. The van der Waals surface area contributed by atoms with E-state index in [9.17, 15) is 18.8 Å². The van der Waals surface area contributed by atoms with Gasteiger partial charge in [0.05, 0.1) is 6.42 Å². The summed E-state index contributed by atoms with van der Waals surface area (Å²) in [6, 6.07) is 17.6. The van der Waals surface area contributed by atoms with Crippen LogP contribution in [0.25, 0.3) is 11.2 Å². The number of anilines is 1. The summed E-state index contributed by atoms with van der Waals surface area (Å²) in [6.45, 7) is 0.489. The minimum atomic E-state index is -0.537. The molecule has 0 aliphatic heterocycles. The minimum Gasteiger partial charge on any atom is -0.336 e. The molecule has 1 saturated carbocycles. The van der Waals surface area contributed by atoms with Gasteiger partial charge in [-0.2, -0.15) is 0 Å². The van der Waals surface area contributed by atoms with Crippen LogP contribution in [0.4, 0.5) is 10.1 Å². The molecule has 1 aliphatic rings. The zero-order valence-electron chi connectivity index (χ0n) is 22.5. The van der Waals surface area contributed by atoms with Crippen LogP contribution in [-0.2, 0) is 24.2 Å². The maximum absolute atomic E-state index is 14.8. The standard InChI is InChI=1S/C31H29FN6O3/c1-37(26(39)15-20-5-4-14-33-17-20)23-12-10-21(11-13-23)24(16-22-6-2-3-7-25(22)32)28-34-27-29(35-28)38(18-19-8-9-19)31(41)36-30(27)40/h2-7,10-14,17,19,24H,8-9,15-16,18H2,1H3,(H,34,35)(H,36,40,41). The van der Waals surface area contributed by atoms with Gasteiger partial charge in [0.2, 0.25) is 5.91 Å². The van der Waals surface area contributed by atoms with E-state index < -0.39 is 17.2 Å². The number of nitrogens with one attached hydrogen (secondary N) is 2. The highest BCUT2D eigenvalue weighted by molar-refractivity contribution is 5.94. The molecule has 2 N–H and O–H groups in total. The maximum atomic E-state index is 14.8. The van der Waals surface area contributed by atoms with Crippen molar-refractivity contribution < 1.29 is 9.18 Å². The molecule has 6 rings (SSSR count). The highest BCUT2D eigenvalue weighted by Gasteiger charge is 2.27. The van der Waals surface area contributed by atoms with E-state index in [-0.39, 0.29) is 30.1 Å². The van der Waals surface area contributed by atoms with Crippen molar-refractivity contribution in [1.29, 1.82) is 0 Å². The number of halogens is 1. The molecule has 0 bridgehead atoms. The molecular formula is C31H29FN6O3. The number of benzene rings is 2. The van der Waals surface area contributed by atoms with Gasteiger partial charge in [-0.05, 0) is 66.1 Å². The van der Waals surface area contributed by atoms with E-state index in [2.05, 4.69) is 15.0 Å². The Kier molecular flexibility index (Phi) is 7.05. The van der Waals surface area contributed by atoms with Crippen LogP contribution < -0.4 is 16.1 Å². The molecule has 1 amide bonds. The van der Waals surface area contributed by atoms with Gasteiger partial charge in [-0.3, -0.25) is 24.1 Å². The number of pyridine rings is 1. The molecule has 1 unspecified atom stereocenters. The Morgan fingerprint density at radius 2 is 1.85 bits per heavy atom. The number of H-pyrrole nitrogens is 2. The van der Waals surface area contributed by atoms with Gasteiger partial charge < -0.3 is 9.88 Å². The average Bonchev–Trinajstić information content (AvgIpc) is 3.70. The van der Waals surface area contributed by atoms with Crippen molar-refractivity contribution in [3.8, 4) is 0 Å². The Morgan fingerprint density at radius 1 is 1.07 bits per heavy atom. The molecule has 2 aromatic carbocycles. The number of carbonyl (C=O) groups is 1. The van der Waals surface area contributed by atoms with Crippen LogP contribution in [0.1, 0.15) is 41.3 Å². The minimum absolute atomic E-state index is 0.0844. The average molecular weight is 553 g/mol. The van der Waals surface area contributed by atoms with Gasteiger partial charge in [-0.15, -0.1) is 0 Å². The molecule has 9 nitrogen and oxygen atoms in total. The lowest BCUT2D eigenvalue weighted by molar-refractivity contribution is -0.117. The van der Waals surface area contributed by atoms with Crippen LogP contribution in [0.5, 0.6) is 0 Å². The molecule has 41 heavy (non-hydrogen) atoms. The number of rotatable bonds is 9. The number of imidazole rings is 1. The molecule has 1 aliphatic carbocycles. The van der Waals surface area contributed by atoms with Gasteiger partial charge in [-0.1, -0.05) is 36.4 Å². The third kappa shape index (κ3) is 5.58. The Morgan fingerprint density at radius 3 is 2.56 bits per heavy atom. The van der Waals surface area contributed by atoms with Crippen LogP contribution in [-0.4, -0.2) is 37.5 Å². The Bertz CT molecular complexity index is 1820. The SMILES string of the molecule is CN(C(=O)Cc1cccnc1)c1ccc(C(Cc2ccccc2F)c2nc3c([nH]2)c(=O)[nH]c(=O)n3CC2CC2)cc1. The van der Waals surface area contributed by atoms with Gasteiger partial charge >= 0.3 is 5.69 Å². The summed E-state index contributed by atoms with van der Waals surface area (Å²) in [4.78, 5) is 54.2. The fourth-order valence-corrected chi connectivity index (χ4v) is 5.08. The number of fused-ring (bicyclic) bond motifs is 1. The third-order valence-corrected chi connectivity index (χ3v) is 7.64. The summed E-state index contributed by atoms with van der Waals surface area (Å²) >= 11 is 0. The first-order chi connectivity index (χ1) is 19.9. The normalized spacial score (nSPS) is 13.8. The summed E-state index contributed by atoms with van der Waals surface area (Å²) < 4.78 is 16.3. The van der Waals surface area contributed by atoms with Gasteiger partial charge in [0.1, 0.15) is 17.2 Å². The highest BCUT2D eigenvalue weighted by Crippen LogP contribution is 2.32. The van der Waals surface area contributed by atoms with Crippen molar-refractivity contribution >= 4 is 22.8 Å². The summed E-state index contributed by atoms with van der Waals surface area (Å²) in [5.41, 5.74) is 2.34. The predicted molar refractivity (Wildman–Crippen MR) is 153 cm³/mol. The van der Waals surface area contributed by atoms with Gasteiger partial charge in [0.25, 0.3) is 5.56 Å². The molecule has 1 fully saturated rings. The lowest BCUT2D eigenvalue weighted by Gasteiger charge is -2.20. The zero-order chi connectivity index (χ0) is 28.5. The van der Waals surface area contributed by atoms with E-state index in [1.54, 1.807) is 48.6 Å². The predicted octanol–water partition coefficient (Wildman–Crippen LogP) is 3.94. The first-order valence-corrected chi connectivity index (χ1v) is 13.6. The molecule has 3 aromatic heterocycles. The maximum Gasteiger partial charge on any atom is 0.330 e. The Balaban J connectivity index is 1.36. The zero-order valence-corrected chi connectivity index (χ0v) is 22.5. The lowest BCUT2D eigenvalue weighted by Crippen LogP contribution is -2.30. The van der Waals surface area contributed by atoms with Crippen LogP contribution in [0.2, 0.25) is 0 Å². The number of nitrogens with zero attached hydrogens (tertiary/aromatic N) is 4. The number of hydrogen-bond acceptors (Lipinski definition) is 5. The summed E-state index contributed by atoms with van der Waals surface area (Å²) in [7, 11) is 1.72. The van der Waals surface area contributed by atoms with E-state index in [0.29, 0.717) is 35.2 Å². The number of likely N-dealkylation sites (N-methyl/N-ethyl adjacent to an activating group) is 1. The van der Waals surface area contributed by atoms with E-state index >= 15 is 0 Å². The molecule has 10 heteroatoms. The largest absolute Gasteiger partial charge is 0.336 e. The number of aromatic nitrogens is 5. The van der Waals surface area contributed by atoms with Crippen molar-refractivity contribution in [1.82, 2.24) is 24.5 Å². The smallest absolute Gasteiger partial charge is 0.330 e. The summed E-state index contributed by atoms with van der Waals surface area (Å²) in [6.07, 6.45) is 5.89. The quantitative estimate of drug-likeness (QED) is 0.287. The molecular weight excluding hydrogens is 523 g/mol. The molecule has 0 saturated heterocycles. The molecule has 0 spiro atoms. The van der Waals surface area contributed by atoms with Crippen LogP contribution in [0.15, 0.2) is 82.6 Å². The first-order valence-electron chi connectivity index (χ1n) is 13.6. The third-order valence-electron chi connectivity index (χ3n) is 7.64. The molecule has 1 atom stereocenters. The van der Waals surface area contributed by atoms with E-state index in [1.165, 1.54) is 10.6 Å². The number of amides is 1. The van der Waals surface area contributed by atoms with Crippen molar-refractivity contribution in [2.75, 3.05) is 11.9 Å². The van der Waals surface area contributed by atoms with Crippen molar-refractivity contribution in [2.45, 2.75) is 38.1 Å². The van der Waals surface area contributed by atoms with Crippen LogP contribution in [0.3, 0.4) is 0 Å². The summed E-state index contributed by atoms with van der Waals surface area (Å²) in [5.74, 6) is -0.0268. The number of carbonyl (C=O) groups excluding carboxylic acids is 1. The number of aromatic amines is 2. The molecule has 5 aromatic rings. The number of hydrogen-bond donors (Lipinski definition) is 2. The van der Waals surface area contributed by atoms with E-state index in [4.69, 9.17) is 4.98 Å². The Hall–Kier alpha value is -4.86. The second-order valence-electron chi connectivity index (χ2n) is 10.6. The van der Waals surface area contributed by atoms with Gasteiger partial charge in [0.15, 0.2) is 5.65 Å².